The summed E-state index contributed by atoms with van der Waals surface area (Å²) in [5, 5.41) is 13.0. The Hall–Kier alpha value is -1.32. The van der Waals surface area contributed by atoms with Gasteiger partial charge in [0.25, 0.3) is 0 Å². The van der Waals surface area contributed by atoms with E-state index in [1.807, 2.05) is 0 Å². The summed E-state index contributed by atoms with van der Waals surface area (Å²) in [7, 11) is 1.73. The van der Waals surface area contributed by atoms with Crippen LogP contribution in [0.1, 0.15) is 73.5 Å². The Bertz CT molecular complexity index is 690. The SMILES string of the molecule is CNCC(O)c1ccc(OC(=O)C(C)(C)C)c(OC(=O)C(C)(C)C)c1.[Li][CH](C)CC. The number of rotatable bonds is 6. The summed E-state index contributed by atoms with van der Waals surface area (Å²) in [5.74, 6) is -0.631. The number of hydrogen-bond donors (Lipinski definition) is 2. The van der Waals surface area contributed by atoms with E-state index in [2.05, 4.69) is 36.9 Å². The van der Waals surface area contributed by atoms with Crippen LogP contribution in [0.5, 0.6) is 11.5 Å². The molecule has 0 spiro atoms. The van der Waals surface area contributed by atoms with Crippen molar-refractivity contribution in [3.63, 3.8) is 0 Å². The summed E-state index contributed by atoms with van der Waals surface area (Å²) >= 11 is 2.22. The molecule has 30 heavy (non-hydrogen) atoms. The average molecular weight is 416 g/mol. The fraction of sp³-hybridized carbons (Fsp3) is 0.652. The van der Waals surface area contributed by atoms with Gasteiger partial charge in [0.1, 0.15) is 0 Å². The van der Waals surface area contributed by atoms with Gasteiger partial charge in [-0.15, -0.1) is 0 Å². The van der Waals surface area contributed by atoms with Crippen LogP contribution in [-0.4, -0.2) is 48.4 Å². The first-order valence-electron chi connectivity index (χ1n) is 10.5. The molecule has 166 valence electrons. The first-order valence-corrected chi connectivity index (χ1v) is 10.5. The van der Waals surface area contributed by atoms with Crippen molar-refractivity contribution in [2.75, 3.05) is 13.6 Å². The van der Waals surface area contributed by atoms with Gasteiger partial charge in [-0.1, -0.05) is 6.07 Å². The molecule has 2 atom stereocenters. The van der Waals surface area contributed by atoms with Gasteiger partial charge < -0.3 is 19.9 Å². The van der Waals surface area contributed by atoms with Crippen LogP contribution in [0.15, 0.2) is 18.2 Å². The third-order valence-electron chi connectivity index (χ3n) is 4.20. The monoisotopic (exact) mass is 415 g/mol. The maximum atomic E-state index is 12.2. The van der Waals surface area contributed by atoms with Crippen LogP contribution in [0, 0.1) is 10.8 Å². The predicted molar refractivity (Wildman–Crippen MR) is 121 cm³/mol. The maximum absolute atomic E-state index is 12.2. The van der Waals surface area contributed by atoms with Gasteiger partial charge in [0.2, 0.25) is 0 Å². The molecule has 0 bridgehead atoms. The van der Waals surface area contributed by atoms with Gasteiger partial charge in [0.15, 0.2) is 11.5 Å². The number of carbonyl (C=O) groups is 2. The molecule has 0 saturated heterocycles. The fourth-order valence-electron chi connectivity index (χ4n) is 1.71. The Labute approximate surface area is 191 Å². The van der Waals surface area contributed by atoms with Crippen LogP contribution in [0.25, 0.3) is 0 Å². The summed E-state index contributed by atoms with van der Waals surface area (Å²) < 4.78 is 11.7. The van der Waals surface area contributed by atoms with Crippen LogP contribution in [-0.2, 0) is 9.59 Å². The molecule has 7 heteroatoms. The van der Waals surface area contributed by atoms with Crippen molar-refractivity contribution >= 4 is 29.7 Å². The molecule has 1 aromatic rings. The van der Waals surface area contributed by atoms with Crippen molar-refractivity contribution in [1.29, 1.82) is 0 Å². The van der Waals surface area contributed by atoms with Gasteiger partial charge in [-0.3, -0.25) is 9.59 Å². The Morgan fingerprint density at radius 3 is 1.83 bits per heavy atom. The molecule has 0 heterocycles. The normalized spacial score (nSPS) is 13.6. The zero-order valence-electron chi connectivity index (χ0n) is 20.4. The quantitative estimate of drug-likeness (QED) is 0.411. The molecule has 2 unspecified atom stereocenters. The van der Waals surface area contributed by atoms with E-state index in [4.69, 9.17) is 9.47 Å². The molecule has 0 fully saturated rings. The number of aliphatic hydroxyl groups is 1. The summed E-state index contributed by atoms with van der Waals surface area (Å²) in [5.41, 5.74) is -0.859. The Kier molecular flexibility index (Phi) is 12.0. The van der Waals surface area contributed by atoms with Gasteiger partial charge in [-0.25, -0.2) is 0 Å². The van der Waals surface area contributed by atoms with Crippen molar-refractivity contribution in [3.8, 4) is 11.5 Å². The molecular formula is C23H38LiNO5. The van der Waals surface area contributed by atoms with E-state index < -0.39 is 28.9 Å². The summed E-state index contributed by atoms with van der Waals surface area (Å²) in [6, 6.07) is 4.70. The van der Waals surface area contributed by atoms with Crippen LogP contribution < -0.4 is 14.8 Å². The van der Waals surface area contributed by atoms with Crippen LogP contribution in [0.3, 0.4) is 0 Å². The number of esters is 2. The van der Waals surface area contributed by atoms with Crippen LogP contribution >= 0.6 is 0 Å². The molecule has 0 aromatic heterocycles. The van der Waals surface area contributed by atoms with Gasteiger partial charge in [0, 0.05) is 6.54 Å². The average Bonchev–Trinajstić information content (AvgIpc) is 2.62. The van der Waals surface area contributed by atoms with Crippen molar-refractivity contribution in [2.45, 2.75) is 72.5 Å². The molecule has 0 saturated carbocycles. The number of hydrogen-bond acceptors (Lipinski definition) is 6. The topological polar surface area (TPSA) is 84.9 Å². The van der Waals surface area contributed by atoms with Gasteiger partial charge >= 0.3 is 54.5 Å². The molecule has 1 rings (SSSR count). The Balaban J connectivity index is 0.00000150. The molecule has 1 aromatic carbocycles. The molecule has 6 nitrogen and oxygen atoms in total. The number of nitrogens with one attached hydrogen (secondary N) is 1. The molecule has 0 aliphatic heterocycles. The number of carbonyl (C=O) groups excluding carboxylic acids is 2. The molecule has 0 radical (unpaired) electrons. The number of benzene rings is 1. The third-order valence-corrected chi connectivity index (χ3v) is 4.20. The van der Waals surface area contributed by atoms with Crippen LogP contribution in [0.2, 0.25) is 4.59 Å². The number of aliphatic hydroxyl groups excluding tert-OH is 1. The zero-order valence-corrected chi connectivity index (χ0v) is 20.4. The van der Waals surface area contributed by atoms with Crippen molar-refractivity contribution in [2.24, 2.45) is 10.8 Å². The predicted octanol–water partition coefficient (Wildman–Crippen LogP) is 4.22. The standard InChI is InChI=1S/C19H29NO5.C4H9.Li/c1-18(2,3)16(22)24-14-9-8-12(13(21)11-20-7)10-15(14)25-17(23)19(4,5)6;1-3-4-2;/h8-10,13,20-21H,11H2,1-7H3;3H,4H2,1-2H3;. The fourth-order valence-corrected chi connectivity index (χ4v) is 1.71. The summed E-state index contributed by atoms with van der Waals surface area (Å²) in [6.07, 6.45) is 0.532. The van der Waals surface area contributed by atoms with Gasteiger partial charge in [-0.2, -0.15) is 0 Å². The van der Waals surface area contributed by atoms with E-state index in [1.165, 1.54) is 18.6 Å². The molecular weight excluding hydrogens is 377 g/mol. The van der Waals surface area contributed by atoms with E-state index in [1.54, 1.807) is 54.7 Å². The minimum atomic E-state index is -0.774. The van der Waals surface area contributed by atoms with E-state index in [0.717, 1.165) is 4.59 Å². The molecule has 0 aliphatic rings. The minimum absolute atomic E-state index is 0.116. The van der Waals surface area contributed by atoms with Crippen molar-refractivity contribution in [3.05, 3.63) is 23.8 Å². The molecule has 0 aliphatic carbocycles. The first kappa shape index (κ1) is 28.7. The van der Waals surface area contributed by atoms with E-state index in [0.29, 0.717) is 12.1 Å². The second-order valence-corrected chi connectivity index (χ2v) is 9.86. The van der Waals surface area contributed by atoms with Crippen LogP contribution in [0.4, 0.5) is 0 Å². The summed E-state index contributed by atoms with van der Waals surface area (Å²) in [4.78, 5) is 24.4. The van der Waals surface area contributed by atoms with Crippen molar-refractivity contribution < 1.29 is 24.2 Å². The van der Waals surface area contributed by atoms with Gasteiger partial charge in [-0.05, 0) is 66.3 Å². The Morgan fingerprint density at radius 1 is 1.03 bits per heavy atom. The van der Waals surface area contributed by atoms with E-state index in [9.17, 15) is 14.7 Å². The second-order valence-electron chi connectivity index (χ2n) is 9.86. The molecule has 2 N–H and O–H groups in total. The van der Waals surface area contributed by atoms with Crippen molar-refractivity contribution in [1.82, 2.24) is 5.32 Å². The van der Waals surface area contributed by atoms with E-state index >= 15 is 0 Å². The summed E-state index contributed by atoms with van der Waals surface area (Å²) in [6.45, 7) is 15.2. The Morgan fingerprint density at radius 2 is 1.47 bits per heavy atom. The zero-order chi connectivity index (χ0) is 23.7. The second kappa shape index (κ2) is 12.5. The third kappa shape index (κ3) is 10.6. The number of likely N-dealkylation sites (N-methyl/N-ethyl adjacent to an activating group) is 1. The number of ether oxygens (including phenoxy) is 2. The van der Waals surface area contributed by atoms with Gasteiger partial charge in [0.05, 0.1) is 16.9 Å². The van der Waals surface area contributed by atoms with E-state index in [-0.39, 0.29) is 11.5 Å². The first-order chi connectivity index (χ1) is 13.6. The molecule has 0 amide bonds.